The number of aliphatic hydroxyl groups is 1. The van der Waals surface area contributed by atoms with Crippen molar-refractivity contribution in [2.45, 2.75) is 18.1 Å². The van der Waals surface area contributed by atoms with Gasteiger partial charge in [0.05, 0.1) is 0 Å². The van der Waals surface area contributed by atoms with Crippen LogP contribution in [0.1, 0.15) is 29.0 Å². The van der Waals surface area contributed by atoms with Gasteiger partial charge in [0.25, 0.3) is 0 Å². The van der Waals surface area contributed by atoms with Crippen LogP contribution in [0.3, 0.4) is 0 Å². The summed E-state index contributed by atoms with van der Waals surface area (Å²) < 4.78 is 6.01. The van der Waals surface area contributed by atoms with E-state index in [-0.39, 0.29) is 5.92 Å². The molecule has 1 heterocycles. The van der Waals surface area contributed by atoms with Crippen molar-refractivity contribution in [1.82, 2.24) is 0 Å². The molecule has 4 rings (SSSR count). The van der Waals surface area contributed by atoms with Crippen LogP contribution in [0, 0.1) is 0 Å². The predicted octanol–water partition coefficient (Wildman–Crippen LogP) is 4.45. The van der Waals surface area contributed by atoms with Crippen LogP contribution >= 0.6 is 0 Å². The Bertz CT molecular complexity index is 798. The largest absolute Gasteiger partial charge is 0.458 e. The fourth-order valence-corrected chi connectivity index (χ4v) is 3.33. The van der Waals surface area contributed by atoms with Crippen LogP contribution in [0.2, 0.25) is 0 Å². The first kappa shape index (κ1) is 14.0. The second kappa shape index (κ2) is 5.56. The first-order chi connectivity index (χ1) is 11.3. The highest BCUT2D eigenvalue weighted by molar-refractivity contribution is 5.45. The van der Waals surface area contributed by atoms with Gasteiger partial charge in [0.15, 0.2) is 0 Å². The maximum Gasteiger partial charge on any atom is 0.235 e. The van der Waals surface area contributed by atoms with Crippen LogP contribution in [0.4, 0.5) is 0 Å². The Labute approximate surface area is 136 Å². The molecule has 0 aliphatic carbocycles. The van der Waals surface area contributed by atoms with Crippen LogP contribution in [0.15, 0.2) is 84.9 Å². The fourth-order valence-electron chi connectivity index (χ4n) is 3.33. The summed E-state index contributed by atoms with van der Waals surface area (Å²) in [5, 5.41) is 11.2. The van der Waals surface area contributed by atoms with Gasteiger partial charge in [0.2, 0.25) is 5.79 Å². The lowest BCUT2D eigenvalue weighted by atomic mass is 9.81. The highest BCUT2D eigenvalue weighted by Gasteiger charge is 2.41. The molecule has 0 fully saturated rings. The molecular weight excluding hydrogens is 284 g/mol. The van der Waals surface area contributed by atoms with E-state index < -0.39 is 5.79 Å². The minimum Gasteiger partial charge on any atom is -0.458 e. The molecule has 114 valence electrons. The van der Waals surface area contributed by atoms with Crippen molar-refractivity contribution in [2.75, 3.05) is 0 Å². The number of hydrogen-bond acceptors (Lipinski definition) is 2. The van der Waals surface area contributed by atoms with Crippen molar-refractivity contribution in [3.8, 4) is 5.75 Å². The molecule has 0 unspecified atom stereocenters. The van der Waals surface area contributed by atoms with Crippen LogP contribution in [0.5, 0.6) is 5.75 Å². The number of fused-ring (bicyclic) bond motifs is 1. The fraction of sp³-hybridized carbons (Fsp3) is 0.143. The third-order valence-corrected chi connectivity index (χ3v) is 4.48. The van der Waals surface area contributed by atoms with Gasteiger partial charge in [0.1, 0.15) is 5.75 Å². The quantitative estimate of drug-likeness (QED) is 0.758. The summed E-state index contributed by atoms with van der Waals surface area (Å²) in [4.78, 5) is 0. The average Bonchev–Trinajstić information content (AvgIpc) is 2.62. The molecule has 0 bridgehead atoms. The van der Waals surface area contributed by atoms with E-state index in [0.717, 1.165) is 16.9 Å². The van der Waals surface area contributed by atoms with E-state index in [9.17, 15) is 5.11 Å². The first-order valence-corrected chi connectivity index (χ1v) is 7.87. The number of ether oxygens (including phenoxy) is 1. The van der Waals surface area contributed by atoms with Gasteiger partial charge in [-0.3, -0.25) is 0 Å². The van der Waals surface area contributed by atoms with Crippen molar-refractivity contribution >= 4 is 0 Å². The van der Waals surface area contributed by atoms with Gasteiger partial charge in [-0.25, -0.2) is 0 Å². The topological polar surface area (TPSA) is 29.5 Å². The van der Waals surface area contributed by atoms with Crippen LogP contribution < -0.4 is 4.74 Å². The van der Waals surface area contributed by atoms with E-state index in [1.165, 1.54) is 5.56 Å². The summed E-state index contributed by atoms with van der Waals surface area (Å²) >= 11 is 0. The van der Waals surface area contributed by atoms with Gasteiger partial charge in [-0.05, 0) is 11.6 Å². The van der Waals surface area contributed by atoms with Gasteiger partial charge in [-0.2, -0.15) is 0 Å². The predicted molar refractivity (Wildman–Crippen MR) is 90.3 cm³/mol. The molecule has 3 aromatic carbocycles. The molecule has 1 N–H and O–H groups in total. The maximum absolute atomic E-state index is 11.2. The molecule has 2 heteroatoms. The van der Waals surface area contributed by atoms with E-state index in [1.54, 1.807) is 0 Å². The minimum absolute atomic E-state index is 0.103. The van der Waals surface area contributed by atoms with Crippen molar-refractivity contribution in [3.63, 3.8) is 0 Å². The number of benzene rings is 3. The Balaban J connectivity index is 1.83. The Morgan fingerprint density at radius 2 is 1.39 bits per heavy atom. The molecule has 0 spiro atoms. The third-order valence-electron chi connectivity index (χ3n) is 4.48. The number of hydrogen-bond donors (Lipinski definition) is 1. The highest BCUT2D eigenvalue weighted by atomic mass is 16.6. The molecule has 2 nitrogen and oxygen atoms in total. The van der Waals surface area contributed by atoms with E-state index in [2.05, 4.69) is 18.2 Å². The van der Waals surface area contributed by atoms with E-state index in [0.29, 0.717) is 6.42 Å². The molecule has 1 aliphatic heterocycles. The summed E-state index contributed by atoms with van der Waals surface area (Å²) in [7, 11) is 0. The maximum atomic E-state index is 11.2. The van der Waals surface area contributed by atoms with E-state index in [1.807, 2.05) is 66.7 Å². The average molecular weight is 302 g/mol. The molecule has 0 saturated carbocycles. The molecule has 1 aliphatic rings. The van der Waals surface area contributed by atoms with Crippen molar-refractivity contribution in [1.29, 1.82) is 0 Å². The monoisotopic (exact) mass is 302 g/mol. The third kappa shape index (κ3) is 2.51. The molecule has 23 heavy (non-hydrogen) atoms. The number of rotatable bonds is 2. The first-order valence-electron chi connectivity index (χ1n) is 7.87. The Kier molecular flexibility index (Phi) is 3.40. The summed E-state index contributed by atoms with van der Waals surface area (Å²) in [6.45, 7) is 0. The summed E-state index contributed by atoms with van der Waals surface area (Å²) in [6.07, 6.45) is 0.498. The lowest BCUT2D eigenvalue weighted by Crippen LogP contribution is -2.38. The lowest BCUT2D eigenvalue weighted by molar-refractivity contribution is -0.161. The lowest BCUT2D eigenvalue weighted by Gasteiger charge is -2.39. The minimum atomic E-state index is -1.31. The SMILES string of the molecule is O[C@@]1(c2ccccc2)C[C@H](c2ccccc2)c2ccccc2O1. The van der Waals surface area contributed by atoms with Gasteiger partial charge in [-0.1, -0.05) is 78.9 Å². The molecule has 3 aromatic rings. The van der Waals surface area contributed by atoms with Crippen molar-refractivity contribution in [2.24, 2.45) is 0 Å². The zero-order valence-corrected chi connectivity index (χ0v) is 12.7. The van der Waals surface area contributed by atoms with E-state index in [4.69, 9.17) is 4.74 Å². The molecule has 2 atom stereocenters. The molecule has 0 saturated heterocycles. The summed E-state index contributed by atoms with van der Waals surface area (Å²) in [6, 6.07) is 27.9. The smallest absolute Gasteiger partial charge is 0.235 e. The zero-order chi connectivity index (χ0) is 15.7. The second-order valence-corrected chi connectivity index (χ2v) is 5.96. The zero-order valence-electron chi connectivity index (χ0n) is 12.7. The van der Waals surface area contributed by atoms with Crippen LogP contribution in [-0.4, -0.2) is 5.11 Å². The molecule has 0 radical (unpaired) electrons. The van der Waals surface area contributed by atoms with Gasteiger partial charge < -0.3 is 9.84 Å². The standard InChI is InChI=1S/C21H18O2/c22-21(17-11-5-2-6-12-17)15-19(16-9-3-1-4-10-16)18-13-7-8-14-20(18)23-21/h1-14,19,22H,15H2/t19-,21+/m1/s1. The summed E-state index contributed by atoms with van der Waals surface area (Å²) in [5.41, 5.74) is 3.10. The normalized spacial score (nSPS) is 22.9. The van der Waals surface area contributed by atoms with Gasteiger partial charge >= 0.3 is 0 Å². The van der Waals surface area contributed by atoms with Crippen LogP contribution in [-0.2, 0) is 5.79 Å². The second-order valence-electron chi connectivity index (χ2n) is 5.96. The molecular formula is C21H18O2. The molecule has 0 aromatic heterocycles. The molecule has 0 amide bonds. The Hall–Kier alpha value is -2.58. The van der Waals surface area contributed by atoms with E-state index >= 15 is 0 Å². The summed E-state index contributed by atoms with van der Waals surface area (Å²) in [5.74, 6) is -0.457. The Morgan fingerprint density at radius 3 is 2.13 bits per heavy atom. The highest BCUT2D eigenvalue weighted by Crippen LogP contribution is 2.46. The van der Waals surface area contributed by atoms with Crippen molar-refractivity contribution < 1.29 is 9.84 Å². The van der Waals surface area contributed by atoms with Crippen molar-refractivity contribution in [3.05, 3.63) is 102 Å². The Morgan fingerprint density at radius 1 is 0.783 bits per heavy atom. The van der Waals surface area contributed by atoms with Crippen LogP contribution in [0.25, 0.3) is 0 Å². The van der Waals surface area contributed by atoms with Gasteiger partial charge in [0, 0.05) is 23.5 Å². The number of para-hydroxylation sites is 1. The van der Waals surface area contributed by atoms with Gasteiger partial charge in [-0.15, -0.1) is 0 Å².